The smallest absolute Gasteiger partial charge is 0.119 e. The summed E-state index contributed by atoms with van der Waals surface area (Å²) in [5, 5.41) is 0. The number of aryl methyl sites for hydroxylation is 1. The molecule has 0 aromatic heterocycles. The second-order valence-electron chi connectivity index (χ2n) is 4.13. The molecule has 0 heterocycles. The molecule has 0 spiro atoms. The summed E-state index contributed by atoms with van der Waals surface area (Å²) in [5.41, 5.74) is 6.92. The highest BCUT2D eigenvalue weighted by atomic mass is 16.5. The Morgan fingerprint density at radius 1 is 1.20 bits per heavy atom. The first-order chi connectivity index (χ1) is 7.18. The molecule has 1 rings (SSSR count). The number of benzene rings is 1. The standard InChI is InChI=1S/C13H21NO/c1-11-6-8-13(9-7-11)15-10-4-3-5-12(2)14/h6-9,12H,3-5,10,14H2,1-2H3. The molecule has 0 aliphatic heterocycles. The van der Waals surface area contributed by atoms with Crippen molar-refractivity contribution in [2.75, 3.05) is 6.61 Å². The molecule has 1 atom stereocenters. The monoisotopic (exact) mass is 207 g/mol. The van der Waals surface area contributed by atoms with Gasteiger partial charge in [0.05, 0.1) is 6.61 Å². The van der Waals surface area contributed by atoms with Gasteiger partial charge in [-0.15, -0.1) is 0 Å². The lowest BCUT2D eigenvalue weighted by Gasteiger charge is -2.07. The van der Waals surface area contributed by atoms with Gasteiger partial charge in [-0.2, -0.15) is 0 Å². The Kier molecular flexibility index (Phi) is 5.19. The van der Waals surface area contributed by atoms with E-state index in [1.807, 2.05) is 19.1 Å². The lowest BCUT2D eigenvalue weighted by Crippen LogP contribution is -2.14. The number of unbranched alkanes of at least 4 members (excludes halogenated alkanes) is 1. The topological polar surface area (TPSA) is 35.2 Å². The minimum atomic E-state index is 0.310. The molecule has 1 unspecified atom stereocenters. The van der Waals surface area contributed by atoms with Crippen molar-refractivity contribution >= 4 is 0 Å². The summed E-state index contributed by atoms with van der Waals surface area (Å²) in [6.07, 6.45) is 3.30. The van der Waals surface area contributed by atoms with E-state index in [0.717, 1.165) is 31.6 Å². The molecule has 2 heteroatoms. The van der Waals surface area contributed by atoms with Crippen molar-refractivity contribution in [3.63, 3.8) is 0 Å². The Hall–Kier alpha value is -1.02. The Morgan fingerprint density at radius 2 is 1.87 bits per heavy atom. The van der Waals surface area contributed by atoms with Crippen LogP contribution in [0.15, 0.2) is 24.3 Å². The van der Waals surface area contributed by atoms with Gasteiger partial charge in [-0.05, 0) is 45.2 Å². The fraction of sp³-hybridized carbons (Fsp3) is 0.538. The van der Waals surface area contributed by atoms with Gasteiger partial charge in [-0.3, -0.25) is 0 Å². The largest absolute Gasteiger partial charge is 0.494 e. The van der Waals surface area contributed by atoms with Crippen molar-refractivity contribution in [2.24, 2.45) is 5.73 Å². The Bertz CT molecular complexity index is 266. The van der Waals surface area contributed by atoms with Crippen LogP contribution in [0.1, 0.15) is 31.7 Å². The zero-order valence-corrected chi connectivity index (χ0v) is 9.70. The van der Waals surface area contributed by atoms with Gasteiger partial charge in [0, 0.05) is 6.04 Å². The van der Waals surface area contributed by atoms with E-state index >= 15 is 0 Å². The maximum Gasteiger partial charge on any atom is 0.119 e. The number of rotatable bonds is 6. The van der Waals surface area contributed by atoms with Gasteiger partial charge >= 0.3 is 0 Å². The van der Waals surface area contributed by atoms with Crippen LogP contribution in [0, 0.1) is 6.92 Å². The summed E-state index contributed by atoms with van der Waals surface area (Å²) in [6, 6.07) is 8.47. The third kappa shape index (κ3) is 5.43. The first-order valence-electron chi connectivity index (χ1n) is 5.63. The van der Waals surface area contributed by atoms with Gasteiger partial charge < -0.3 is 10.5 Å². The molecule has 15 heavy (non-hydrogen) atoms. The summed E-state index contributed by atoms with van der Waals surface area (Å²) in [7, 11) is 0. The average Bonchev–Trinajstić information content (AvgIpc) is 2.20. The molecule has 2 N–H and O–H groups in total. The van der Waals surface area contributed by atoms with Crippen LogP contribution in [0.3, 0.4) is 0 Å². The molecule has 0 aliphatic rings. The highest BCUT2D eigenvalue weighted by Gasteiger charge is 1.95. The van der Waals surface area contributed by atoms with Crippen molar-refractivity contribution in [1.82, 2.24) is 0 Å². The van der Waals surface area contributed by atoms with Crippen LogP contribution in [0.5, 0.6) is 5.75 Å². The van der Waals surface area contributed by atoms with E-state index in [9.17, 15) is 0 Å². The van der Waals surface area contributed by atoms with E-state index < -0.39 is 0 Å². The molecule has 84 valence electrons. The summed E-state index contributed by atoms with van der Waals surface area (Å²) < 4.78 is 5.60. The molecule has 2 nitrogen and oxygen atoms in total. The molecular formula is C13H21NO. The van der Waals surface area contributed by atoms with Crippen molar-refractivity contribution in [3.8, 4) is 5.75 Å². The summed E-state index contributed by atoms with van der Waals surface area (Å²) in [5.74, 6) is 0.960. The zero-order valence-electron chi connectivity index (χ0n) is 9.70. The Morgan fingerprint density at radius 3 is 2.47 bits per heavy atom. The Labute approximate surface area is 92.4 Å². The van der Waals surface area contributed by atoms with E-state index in [1.165, 1.54) is 5.56 Å². The number of hydrogen-bond donors (Lipinski definition) is 1. The van der Waals surface area contributed by atoms with Crippen molar-refractivity contribution in [1.29, 1.82) is 0 Å². The highest BCUT2D eigenvalue weighted by molar-refractivity contribution is 5.26. The van der Waals surface area contributed by atoms with Crippen molar-refractivity contribution in [2.45, 2.75) is 39.2 Å². The minimum Gasteiger partial charge on any atom is -0.494 e. The van der Waals surface area contributed by atoms with Gasteiger partial charge in [-0.25, -0.2) is 0 Å². The lowest BCUT2D eigenvalue weighted by atomic mass is 10.1. The van der Waals surface area contributed by atoms with Crippen LogP contribution in [0.25, 0.3) is 0 Å². The van der Waals surface area contributed by atoms with Crippen LogP contribution in [0.2, 0.25) is 0 Å². The molecule has 0 saturated carbocycles. The number of ether oxygens (including phenoxy) is 1. The van der Waals surface area contributed by atoms with E-state index in [0.29, 0.717) is 6.04 Å². The summed E-state index contributed by atoms with van der Waals surface area (Å²) in [6.45, 7) is 4.91. The molecule has 0 saturated heterocycles. The van der Waals surface area contributed by atoms with E-state index in [1.54, 1.807) is 0 Å². The van der Waals surface area contributed by atoms with Crippen LogP contribution >= 0.6 is 0 Å². The first kappa shape index (κ1) is 12.1. The molecule has 0 bridgehead atoms. The lowest BCUT2D eigenvalue weighted by molar-refractivity contribution is 0.303. The third-order valence-corrected chi connectivity index (χ3v) is 2.34. The van der Waals surface area contributed by atoms with Gasteiger partial charge in [0.1, 0.15) is 5.75 Å². The molecule has 1 aromatic rings. The van der Waals surface area contributed by atoms with E-state index in [4.69, 9.17) is 10.5 Å². The summed E-state index contributed by atoms with van der Waals surface area (Å²) in [4.78, 5) is 0. The van der Waals surface area contributed by atoms with E-state index in [2.05, 4.69) is 19.1 Å². The molecule has 0 fully saturated rings. The number of hydrogen-bond acceptors (Lipinski definition) is 2. The minimum absolute atomic E-state index is 0.310. The van der Waals surface area contributed by atoms with Crippen molar-refractivity contribution in [3.05, 3.63) is 29.8 Å². The molecular weight excluding hydrogens is 186 g/mol. The normalized spacial score (nSPS) is 12.5. The maximum absolute atomic E-state index is 5.66. The van der Waals surface area contributed by atoms with Gasteiger partial charge in [0.15, 0.2) is 0 Å². The third-order valence-electron chi connectivity index (χ3n) is 2.34. The average molecular weight is 207 g/mol. The quantitative estimate of drug-likeness (QED) is 0.728. The van der Waals surface area contributed by atoms with Crippen LogP contribution in [-0.2, 0) is 0 Å². The van der Waals surface area contributed by atoms with Crippen molar-refractivity contribution < 1.29 is 4.74 Å². The SMILES string of the molecule is Cc1ccc(OCCCCC(C)N)cc1. The fourth-order valence-electron chi connectivity index (χ4n) is 1.39. The van der Waals surface area contributed by atoms with Crippen LogP contribution < -0.4 is 10.5 Å². The van der Waals surface area contributed by atoms with Gasteiger partial charge in [-0.1, -0.05) is 17.7 Å². The molecule has 0 radical (unpaired) electrons. The van der Waals surface area contributed by atoms with Crippen LogP contribution in [0.4, 0.5) is 0 Å². The highest BCUT2D eigenvalue weighted by Crippen LogP contribution is 2.12. The van der Waals surface area contributed by atoms with Gasteiger partial charge in [0.2, 0.25) is 0 Å². The van der Waals surface area contributed by atoms with Crippen LogP contribution in [-0.4, -0.2) is 12.6 Å². The van der Waals surface area contributed by atoms with E-state index in [-0.39, 0.29) is 0 Å². The molecule has 1 aromatic carbocycles. The predicted octanol–water partition coefficient (Wildman–Crippen LogP) is 2.89. The fourth-order valence-corrected chi connectivity index (χ4v) is 1.39. The second kappa shape index (κ2) is 6.46. The molecule has 0 aliphatic carbocycles. The summed E-state index contributed by atoms with van der Waals surface area (Å²) >= 11 is 0. The van der Waals surface area contributed by atoms with Gasteiger partial charge in [0.25, 0.3) is 0 Å². The maximum atomic E-state index is 5.66. The second-order valence-corrected chi connectivity index (χ2v) is 4.13. The molecule has 0 amide bonds. The number of nitrogens with two attached hydrogens (primary N) is 1. The predicted molar refractivity (Wildman–Crippen MR) is 64.2 cm³/mol. The Balaban J connectivity index is 2.12. The first-order valence-corrected chi connectivity index (χ1v) is 5.63. The zero-order chi connectivity index (χ0) is 11.1.